The van der Waals surface area contributed by atoms with Gasteiger partial charge in [-0.1, -0.05) is 34.6 Å². The van der Waals surface area contributed by atoms with Crippen LogP contribution < -0.4 is 0 Å². The van der Waals surface area contributed by atoms with Crippen LogP contribution >= 0.6 is 0 Å². The lowest BCUT2D eigenvalue weighted by Gasteiger charge is -2.32. The molecule has 1 aliphatic rings. The normalized spacial score (nSPS) is 20.7. The molecule has 88 valence electrons. The number of rotatable bonds is 2. The van der Waals surface area contributed by atoms with E-state index in [-0.39, 0.29) is 5.41 Å². The predicted octanol–water partition coefficient (Wildman–Crippen LogP) is 3.52. The van der Waals surface area contributed by atoms with Crippen molar-refractivity contribution in [3.05, 3.63) is 0 Å². The molecule has 2 nitrogen and oxygen atoms in total. The molecule has 0 unspecified atom stereocenters. The van der Waals surface area contributed by atoms with Crippen LogP contribution in [-0.2, 0) is 0 Å². The van der Waals surface area contributed by atoms with Crippen molar-refractivity contribution >= 4 is 5.84 Å². The highest BCUT2D eigenvalue weighted by atomic mass is 15.2. The molecule has 1 fully saturated rings. The second-order valence-electron chi connectivity index (χ2n) is 5.98. The van der Waals surface area contributed by atoms with Gasteiger partial charge in [0.1, 0.15) is 5.84 Å². The molecule has 0 radical (unpaired) electrons. The lowest BCUT2D eigenvalue weighted by molar-refractivity contribution is 0.272. The molecular weight excluding hydrogens is 184 g/mol. The summed E-state index contributed by atoms with van der Waals surface area (Å²) in [5.74, 6) is 0.811. The lowest BCUT2D eigenvalue weighted by atomic mass is 9.82. The molecule has 0 aromatic heterocycles. The Morgan fingerprint density at radius 1 is 1.27 bits per heavy atom. The zero-order chi connectivity index (χ0) is 11.7. The minimum Gasteiger partial charge on any atom is -0.360 e. The predicted molar refractivity (Wildman–Crippen MR) is 66.4 cm³/mol. The number of hydrogen-bond acceptors (Lipinski definition) is 1. The lowest BCUT2D eigenvalue weighted by Crippen LogP contribution is -2.38. The van der Waals surface area contributed by atoms with Crippen molar-refractivity contribution in [2.45, 2.75) is 53.9 Å². The number of hydrogen-bond donors (Lipinski definition) is 1. The third kappa shape index (κ3) is 2.53. The van der Waals surface area contributed by atoms with Gasteiger partial charge in [-0.2, -0.15) is 0 Å². The molecule has 0 aliphatic carbocycles. The summed E-state index contributed by atoms with van der Waals surface area (Å²) < 4.78 is 0. The molecule has 1 rings (SSSR count). The highest BCUT2D eigenvalue weighted by Gasteiger charge is 2.38. The molecule has 0 saturated carbocycles. The summed E-state index contributed by atoms with van der Waals surface area (Å²) in [6.07, 6.45) is 3.76. The van der Waals surface area contributed by atoms with Gasteiger partial charge in [-0.05, 0) is 24.7 Å². The Labute approximate surface area is 94.6 Å². The maximum absolute atomic E-state index is 8.19. The Morgan fingerprint density at radius 2 is 1.80 bits per heavy atom. The van der Waals surface area contributed by atoms with Gasteiger partial charge < -0.3 is 4.90 Å². The molecule has 0 aromatic rings. The van der Waals surface area contributed by atoms with E-state index in [1.165, 1.54) is 19.3 Å². The summed E-state index contributed by atoms with van der Waals surface area (Å²) in [5.41, 5.74) is 0.481. The minimum atomic E-state index is -0.00242. The summed E-state index contributed by atoms with van der Waals surface area (Å²) in [4.78, 5) is 2.28. The fourth-order valence-corrected chi connectivity index (χ4v) is 2.43. The number of nitrogens with zero attached hydrogens (tertiary/aromatic N) is 1. The standard InChI is InChI=1S/C13H26N2/c1-6-13(7-2)8-9-15(10-13)11(14)12(3,4)5/h14H,6-10H2,1-5H3. The van der Waals surface area contributed by atoms with Crippen LogP contribution in [0.1, 0.15) is 53.9 Å². The van der Waals surface area contributed by atoms with Crippen LogP contribution in [-0.4, -0.2) is 23.8 Å². The van der Waals surface area contributed by atoms with Crippen LogP contribution in [0.5, 0.6) is 0 Å². The fourth-order valence-electron chi connectivity index (χ4n) is 2.43. The average Bonchev–Trinajstić information content (AvgIpc) is 2.60. The first-order valence-electron chi connectivity index (χ1n) is 6.18. The van der Waals surface area contributed by atoms with Crippen molar-refractivity contribution in [1.29, 1.82) is 5.41 Å². The average molecular weight is 210 g/mol. The van der Waals surface area contributed by atoms with Crippen molar-refractivity contribution in [3.63, 3.8) is 0 Å². The Kier molecular flexibility index (Phi) is 3.47. The zero-order valence-corrected chi connectivity index (χ0v) is 11.0. The maximum atomic E-state index is 8.19. The van der Waals surface area contributed by atoms with Crippen molar-refractivity contribution in [2.75, 3.05) is 13.1 Å². The van der Waals surface area contributed by atoms with Crippen LogP contribution in [0.15, 0.2) is 0 Å². The van der Waals surface area contributed by atoms with Crippen molar-refractivity contribution in [1.82, 2.24) is 4.90 Å². The summed E-state index contributed by atoms with van der Waals surface area (Å²) in [7, 11) is 0. The van der Waals surface area contributed by atoms with Gasteiger partial charge in [0.2, 0.25) is 0 Å². The summed E-state index contributed by atoms with van der Waals surface area (Å²) in [6, 6.07) is 0. The van der Waals surface area contributed by atoms with Gasteiger partial charge in [-0.3, -0.25) is 5.41 Å². The van der Waals surface area contributed by atoms with E-state index in [4.69, 9.17) is 5.41 Å². The first-order valence-corrected chi connectivity index (χ1v) is 6.18. The van der Waals surface area contributed by atoms with Gasteiger partial charge in [0.05, 0.1) is 0 Å². The second kappa shape index (κ2) is 4.15. The Bertz CT molecular complexity index is 233. The Morgan fingerprint density at radius 3 is 2.13 bits per heavy atom. The Hall–Kier alpha value is -0.530. The van der Waals surface area contributed by atoms with E-state index < -0.39 is 0 Å². The molecule has 1 aliphatic heterocycles. The number of likely N-dealkylation sites (tertiary alicyclic amines) is 1. The molecule has 0 aromatic carbocycles. The number of nitrogens with one attached hydrogen (secondary N) is 1. The van der Waals surface area contributed by atoms with Crippen LogP contribution in [0.25, 0.3) is 0 Å². The zero-order valence-electron chi connectivity index (χ0n) is 11.0. The second-order valence-corrected chi connectivity index (χ2v) is 5.98. The van der Waals surface area contributed by atoms with Crippen molar-refractivity contribution in [2.24, 2.45) is 10.8 Å². The van der Waals surface area contributed by atoms with E-state index in [0.717, 1.165) is 18.9 Å². The van der Waals surface area contributed by atoms with Crippen LogP contribution in [0.2, 0.25) is 0 Å². The van der Waals surface area contributed by atoms with Gasteiger partial charge in [0.15, 0.2) is 0 Å². The van der Waals surface area contributed by atoms with E-state index in [1.54, 1.807) is 0 Å². The van der Waals surface area contributed by atoms with E-state index in [9.17, 15) is 0 Å². The smallest absolute Gasteiger partial charge is 0.101 e. The molecule has 0 bridgehead atoms. The van der Waals surface area contributed by atoms with E-state index >= 15 is 0 Å². The SMILES string of the molecule is CCC1(CC)CCN(C(=N)C(C)(C)C)C1. The largest absolute Gasteiger partial charge is 0.360 e. The third-order valence-electron chi connectivity index (χ3n) is 3.96. The van der Waals surface area contributed by atoms with E-state index in [1.807, 2.05) is 0 Å². The first kappa shape index (κ1) is 12.5. The van der Waals surface area contributed by atoms with Gasteiger partial charge in [0, 0.05) is 18.5 Å². The monoisotopic (exact) mass is 210 g/mol. The van der Waals surface area contributed by atoms with Gasteiger partial charge in [-0.15, -0.1) is 0 Å². The van der Waals surface area contributed by atoms with Crippen molar-refractivity contribution in [3.8, 4) is 0 Å². The summed E-state index contributed by atoms with van der Waals surface area (Å²) in [5, 5.41) is 8.19. The van der Waals surface area contributed by atoms with E-state index in [2.05, 4.69) is 39.5 Å². The molecule has 0 atom stereocenters. The quantitative estimate of drug-likeness (QED) is 0.548. The van der Waals surface area contributed by atoms with Gasteiger partial charge in [0.25, 0.3) is 0 Å². The molecule has 1 saturated heterocycles. The first-order chi connectivity index (χ1) is 6.84. The topological polar surface area (TPSA) is 27.1 Å². The van der Waals surface area contributed by atoms with Crippen LogP contribution in [0.3, 0.4) is 0 Å². The Balaban J connectivity index is 2.68. The van der Waals surface area contributed by atoms with Crippen LogP contribution in [0, 0.1) is 16.2 Å². The maximum Gasteiger partial charge on any atom is 0.101 e. The number of amidine groups is 1. The highest BCUT2D eigenvalue weighted by Crippen LogP contribution is 2.38. The van der Waals surface area contributed by atoms with E-state index in [0.29, 0.717) is 5.41 Å². The van der Waals surface area contributed by atoms with Gasteiger partial charge >= 0.3 is 0 Å². The molecule has 0 amide bonds. The van der Waals surface area contributed by atoms with Crippen molar-refractivity contribution < 1.29 is 0 Å². The third-order valence-corrected chi connectivity index (χ3v) is 3.96. The van der Waals surface area contributed by atoms with Gasteiger partial charge in [-0.25, -0.2) is 0 Å². The van der Waals surface area contributed by atoms with Crippen LogP contribution in [0.4, 0.5) is 0 Å². The summed E-state index contributed by atoms with van der Waals surface area (Å²) >= 11 is 0. The fraction of sp³-hybridized carbons (Fsp3) is 0.923. The molecular formula is C13H26N2. The highest BCUT2D eigenvalue weighted by molar-refractivity contribution is 5.84. The molecule has 2 heteroatoms. The minimum absolute atomic E-state index is 0.00242. The molecule has 0 spiro atoms. The molecule has 1 heterocycles. The summed E-state index contributed by atoms with van der Waals surface area (Å²) in [6.45, 7) is 13.1. The molecule has 1 N–H and O–H groups in total. The molecule has 15 heavy (non-hydrogen) atoms.